The fourth-order valence-corrected chi connectivity index (χ4v) is 3.88. The summed E-state index contributed by atoms with van der Waals surface area (Å²) in [7, 11) is 1.28. The molecule has 6 nitrogen and oxygen atoms in total. The van der Waals surface area contributed by atoms with Crippen molar-refractivity contribution in [3.05, 3.63) is 82.6 Å². The van der Waals surface area contributed by atoms with Crippen LogP contribution in [0.2, 0.25) is 5.15 Å². The van der Waals surface area contributed by atoms with E-state index in [2.05, 4.69) is 10.3 Å². The van der Waals surface area contributed by atoms with Gasteiger partial charge >= 0.3 is 6.18 Å². The SMILES string of the molecule is COc1ccc(Oc2ccc(CNC(=O)C3(CC(=O)c4cccc(Cl)n4)CC3)cc2)c(C(F)(F)F)c1. The topological polar surface area (TPSA) is 77.5 Å². The lowest BCUT2D eigenvalue weighted by molar-refractivity contribution is -0.138. The Balaban J connectivity index is 1.36. The number of nitrogens with zero attached hydrogens (tertiary/aromatic N) is 1. The molecule has 0 spiro atoms. The zero-order chi connectivity index (χ0) is 25.9. The second-order valence-electron chi connectivity index (χ2n) is 8.51. The Hall–Kier alpha value is -3.59. The summed E-state index contributed by atoms with van der Waals surface area (Å²) in [6, 6.07) is 14.6. The number of carbonyl (C=O) groups excluding carboxylic acids is 2. The number of amides is 1. The quantitative estimate of drug-likeness (QED) is 0.268. The number of ether oxygens (including phenoxy) is 2. The summed E-state index contributed by atoms with van der Waals surface area (Å²) in [4.78, 5) is 29.3. The number of carbonyl (C=O) groups is 2. The van der Waals surface area contributed by atoms with Crippen molar-refractivity contribution in [2.24, 2.45) is 5.41 Å². The third kappa shape index (κ3) is 5.96. The molecule has 1 heterocycles. The summed E-state index contributed by atoms with van der Waals surface area (Å²) in [5.74, 6) is -0.549. The van der Waals surface area contributed by atoms with E-state index < -0.39 is 17.2 Å². The molecular weight excluding hydrogens is 497 g/mol. The highest BCUT2D eigenvalue weighted by Gasteiger charge is 2.51. The molecule has 1 aromatic heterocycles. The van der Waals surface area contributed by atoms with Crippen LogP contribution >= 0.6 is 11.6 Å². The van der Waals surface area contributed by atoms with Crippen LogP contribution in [0, 0.1) is 5.41 Å². The number of ketones is 1. The fourth-order valence-electron chi connectivity index (χ4n) is 3.72. The lowest BCUT2D eigenvalue weighted by atomic mass is 9.96. The van der Waals surface area contributed by atoms with E-state index in [1.165, 1.54) is 31.4 Å². The maximum atomic E-state index is 13.4. The zero-order valence-corrected chi connectivity index (χ0v) is 19.9. The number of alkyl halides is 3. The van der Waals surface area contributed by atoms with Gasteiger partial charge in [-0.15, -0.1) is 0 Å². The molecule has 36 heavy (non-hydrogen) atoms. The fraction of sp³-hybridized carbons (Fsp3) is 0.269. The largest absolute Gasteiger partial charge is 0.497 e. The van der Waals surface area contributed by atoms with E-state index >= 15 is 0 Å². The van der Waals surface area contributed by atoms with Crippen molar-refractivity contribution >= 4 is 23.3 Å². The van der Waals surface area contributed by atoms with Crippen LogP contribution in [-0.2, 0) is 17.5 Å². The van der Waals surface area contributed by atoms with Crippen molar-refractivity contribution in [3.8, 4) is 17.2 Å². The molecule has 1 saturated carbocycles. The van der Waals surface area contributed by atoms with Crippen LogP contribution in [-0.4, -0.2) is 23.8 Å². The van der Waals surface area contributed by atoms with Gasteiger partial charge in [-0.25, -0.2) is 4.98 Å². The average Bonchev–Trinajstić information content (AvgIpc) is 3.63. The summed E-state index contributed by atoms with van der Waals surface area (Å²) in [6.07, 6.45) is -3.37. The van der Waals surface area contributed by atoms with E-state index in [-0.39, 0.29) is 52.8 Å². The molecule has 0 radical (unpaired) electrons. The highest BCUT2D eigenvalue weighted by Crippen LogP contribution is 2.49. The summed E-state index contributed by atoms with van der Waals surface area (Å²) in [5.41, 5.74) is -0.759. The zero-order valence-electron chi connectivity index (χ0n) is 19.2. The molecule has 0 unspecified atom stereocenters. The number of hydrogen-bond donors (Lipinski definition) is 1. The first-order valence-electron chi connectivity index (χ1n) is 11.1. The van der Waals surface area contributed by atoms with Crippen molar-refractivity contribution in [1.29, 1.82) is 0 Å². The molecule has 4 rings (SSSR count). The molecular formula is C26H22ClF3N2O4. The molecule has 1 N–H and O–H groups in total. The maximum absolute atomic E-state index is 13.4. The molecule has 2 aromatic carbocycles. The molecule has 1 amide bonds. The first-order valence-corrected chi connectivity index (χ1v) is 11.4. The molecule has 1 aliphatic rings. The predicted molar refractivity (Wildman–Crippen MR) is 126 cm³/mol. The third-order valence-corrected chi connectivity index (χ3v) is 6.14. The standard InChI is InChI=1S/C26H22ClF3N2O4/c1-35-18-9-10-22(19(13-18)26(28,29)30)36-17-7-5-16(6-8-17)15-31-24(34)25(11-12-25)14-21(33)20-3-2-4-23(27)32-20/h2-10,13H,11-12,14-15H2,1H3,(H,31,34). The number of halogens is 4. The average molecular weight is 519 g/mol. The number of Topliss-reactive ketones (excluding diaryl/α,β-unsaturated/α-hetero) is 1. The van der Waals surface area contributed by atoms with Gasteiger partial charge in [-0.3, -0.25) is 9.59 Å². The van der Waals surface area contributed by atoms with Crippen molar-refractivity contribution in [2.45, 2.75) is 32.0 Å². The number of methoxy groups -OCH3 is 1. The lowest BCUT2D eigenvalue weighted by Gasteiger charge is -2.16. The monoisotopic (exact) mass is 518 g/mol. The summed E-state index contributed by atoms with van der Waals surface area (Å²) in [6.45, 7) is 0.195. The normalized spacial score (nSPS) is 14.1. The summed E-state index contributed by atoms with van der Waals surface area (Å²) in [5, 5.41) is 3.05. The Morgan fingerprint density at radius 3 is 2.36 bits per heavy atom. The predicted octanol–water partition coefficient (Wildman–Crippen LogP) is 6.22. The van der Waals surface area contributed by atoms with Crippen LogP contribution in [0.4, 0.5) is 13.2 Å². The van der Waals surface area contributed by atoms with Crippen LogP contribution in [0.3, 0.4) is 0 Å². The minimum absolute atomic E-state index is 0.0440. The minimum atomic E-state index is -4.61. The molecule has 1 aliphatic carbocycles. The molecule has 0 bridgehead atoms. The Morgan fingerprint density at radius 2 is 1.75 bits per heavy atom. The van der Waals surface area contributed by atoms with E-state index in [0.717, 1.165) is 11.6 Å². The summed E-state index contributed by atoms with van der Waals surface area (Å²) >= 11 is 5.85. The number of rotatable bonds is 9. The Labute approximate surface area is 210 Å². The van der Waals surface area contributed by atoms with Crippen molar-refractivity contribution in [1.82, 2.24) is 10.3 Å². The molecule has 0 atom stereocenters. The minimum Gasteiger partial charge on any atom is -0.497 e. The van der Waals surface area contributed by atoms with Gasteiger partial charge in [0.15, 0.2) is 5.78 Å². The number of benzene rings is 2. The van der Waals surface area contributed by atoms with Gasteiger partial charge in [-0.1, -0.05) is 29.8 Å². The highest BCUT2D eigenvalue weighted by molar-refractivity contribution is 6.29. The van der Waals surface area contributed by atoms with Gasteiger partial charge in [0.1, 0.15) is 33.7 Å². The van der Waals surface area contributed by atoms with E-state index in [4.69, 9.17) is 21.1 Å². The third-order valence-electron chi connectivity index (χ3n) is 5.93. The molecule has 3 aromatic rings. The van der Waals surface area contributed by atoms with Crippen LogP contribution in [0.1, 0.15) is 40.9 Å². The van der Waals surface area contributed by atoms with Gasteiger partial charge in [0.25, 0.3) is 0 Å². The number of hydrogen-bond acceptors (Lipinski definition) is 5. The number of nitrogens with one attached hydrogen (secondary N) is 1. The van der Waals surface area contributed by atoms with Gasteiger partial charge in [-0.2, -0.15) is 13.2 Å². The first kappa shape index (κ1) is 25.5. The Morgan fingerprint density at radius 1 is 1.06 bits per heavy atom. The molecule has 0 aliphatic heterocycles. The second-order valence-corrected chi connectivity index (χ2v) is 8.90. The number of pyridine rings is 1. The smallest absolute Gasteiger partial charge is 0.420 e. The second kappa shape index (κ2) is 10.2. The molecule has 1 fully saturated rings. The Bertz CT molecular complexity index is 1270. The highest BCUT2D eigenvalue weighted by atomic mass is 35.5. The van der Waals surface area contributed by atoms with Gasteiger partial charge in [0.05, 0.1) is 12.5 Å². The molecule has 10 heteroatoms. The van der Waals surface area contributed by atoms with Crippen LogP contribution < -0.4 is 14.8 Å². The summed E-state index contributed by atoms with van der Waals surface area (Å²) < 4.78 is 50.5. The van der Waals surface area contributed by atoms with E-state index in [9.17, 15) is 22.8 Å². The first-order chi connectivity index (χ1) is 17.1. The van der Waals surface area contributed by atoms with Gasteiger partial charge in [-0.05, 0) is 60.9 Å². The van der Waals surface area contributed by atoms with Gasteiger partial charge < -0.3 is 14.8 Å². The van der Waals surface area contributed by atoms with Crippen LogP contribution in [0.25, 0.3) is 0 Å². The molecule has 0 saturated heterocycles. The molecule has 188 valence electrons. The van der Waals surface area contributed by atoms with Crippen LogP contribution in [0.15, 0.2) is 60.7 Å². The van der Waals surface area contributed by atoms with Crippen LogP contribution in [0.5, 0.6) is 17.2 Å². The number of aromatic nitrogens is 1. The van der Waals surface area contributed by atoms with E-state index in [1.54, 1.807) is 30.3 Å². The van der Waals surface area contributed by atoms with Crippen molar-refractivity contribution in [3.63, 3.8) is 0 Å². The van der Waals surface area contributed by atoms with Crippen molar-refractivity contribution in [2.75, 3.05) is 7.11 Å². The maximum Gasteiger partial charge on any atom is 0.420 e. The lowest BCUT2D eigenvalue weighted by Crippen LogP contribution is -2.33. The van der Waals surface area contributed by atoms with Gasteiger partial charge in [0.2, 0.25) is 5.91 Å². The van der Waals surface area contributed by atoms with E-state index in [1.807, 2.05) is 0 Å². The Kier molecular flexibility index (Phi) is 7.21. The van der Waals surface area contributed by atoms with Gasteiger partial charge in [0, 0.05) is 13.0 Å². The van der Waals surface area contributed by atoms with Crippen molar-refractivity contribution < 1.29 is 32.2 Å². The van der Waals surface area contributed by atoms with E-state index in [0.29, 0.717) is 12.8 Å².